The Morgan fingerprint density at radius 1 is 1.05 bits per heavy atom. The molecule has 0 saturated heterocycles. The summed E-state index contributed by atoms with van der Waals surface area (Å²) in [7, 11) is 0. The lowest BCUT2D eigenvalue weighted by Gasteiger charge is -2.23. The highest BCUT2D eigenvalue weighted by atomic mass is 32.2. The number of aromatic hydroxyl groups is 1. The van der Waals surface area contributed by atoms with Gasteiger partial charge in [0.05, 0.1) is 17.1 Å². The summed E-state index contributed by atoms with van der Waals surface area (Å²) < 4.78 is 7.94. The van der Waals surface area contributed by atoms with Crippen LogP contribution in [0.15, 0.2) is 90.1 Å². The minimum atomic E-state index is -0.389. The second kappa shape index (κ2) is 11.0. The van der Waals surface area contributed by atoms with E-state index in [1.807, 2.05) is 65.8 Å². The Labute approximate surface area is 248 Å². The van der Waals surface area contributed by atoms with Crippen LogP contribution in [0.5, 0.6) is 17.2 Å². The van der Waals surface area contributed by atoms with Crippen LogP contribution in [-0.4, -0.2) is 43.2 Å². The molecule has 0 radical (unpaired) electrons. The monoisotopic (exact) mass is 584 g/mol. The third-order valence-corrected chi connectivity index (χ3v) is 8.31. The molecule has 0 saturated carbocycles. The van der Waals surface area contributed by atoms with Gasteiger partial charge in [0, 0.05) is 47.0 Å². The van der Waals surface area contributed by atoms with E-state index in [9.17, 15) is 15.0 Å². The summed E-state index contributed by atoms with van der Waals surface area (Å²) >= 11 is 1.67. The Bertz CT molecular complexity index is 1650. The molecule has 10 nitrogen and oxygen atoms in total. The highest BCUT2D eigenvalue weighted by Crippen LogP contribution is 2.48. The number of phenols is 1. The first-order chi connectivity index (χ1) is 20.2. The zero-order valence-corrected chi connectivity index (χ0v) is 24.3. The van der Waals surface area contributed by atoms with Crippen LogP contribution in [0.3, 0.4) is 0 Å². The molecule has 3 aromatic carbocycles. The number of nitrogens with zero attached hydrogens (tertiary/aromatic N) is 4. The zero-order valence-electron chi connectivity index (χ0n) is 23.5. The van der Waals surface area contributed by atoms with Crippen molar-refractivity contribution in [3.63, 3.8) is 0 Å². The Morgan fingerprint density at radius 3 is 2.60 bits per heavy atom. The number of anilines is 2. The summed E-state index contributed by atoms with van der Waals surface area (Å²) in [4.78, 5) is 18.1. The third-order valence-electron chi connectivity index (χ3n) is 7.00. The lowest BCUT2D eigenvalue weighted by molar-refractivity contribution is 0.152. The number of ether oxygens (including phenoxy) is 1. The van der Waals surface area contributed by atoms with Gasteiger partial charge in [-0.05, 0) is 42.5 Å². The molecule has 3 heterocycles. The number of aromatic nitrogens is 2. The van der Waals surface area contributed by atoms with Gasteiger partial charge < -0.3 is 30.1 Å². The number of thioether (sulfide) groups is 1. The van der Waals surface area contributed by atoms with E-state index in [0.717, 1.165) is 21.8 Å². The van der Waals surface area contributed by atoms with Crippen LogP contribution in [0.1, 0.15) is 32.0 Å². The van der Waals surface area contributed by atoms with Crippen molar-refractivity contribution in [1.29, 1.82) is 0 Å². The van der Waals surface area contributed by atoms with Crippen LogP contribution in [0.4, 0.5) is 16.3 Å². The van der Waals surface area contributed by atoms with Crippen molar-refractivity contribution in [2.75, 3.05) is 16.9 Å². The average molecular weight is 585 g/mol. The molecule has 6 rings (SSSR count). The molecule has 4 N–H and O–H groups in total. The number of hydrogen-bond donors (Lipinski definition) is 4. The maximum atomic E-state index is 13.1. The Balaban J connectivity index is 1.15. The SMILES string of the molecule is CC(C)(C)c1cc(NC(=O)NCc2ccccc2Oc2ccc3c(c2)N2C=CN(CO)C2S3)n(-c2ccc(O)cc2)n1. The maximum absolute atomic E-state index is 13.1. The predicted molar refractivity (Wildman–Crippen MR) is 163 cm³/mol. The topological polar surface area (TPSA) is 115 Å². The molecular formula is C31H32N6O4S. The van der Waals surface area contributed by atoms with Crippen molar-refractivity contribution >= 4 is 29.3 Å². The van der Waals surface area contributed by atoms with Crippen LogP contribution in [0, 0.1) is 0 Å². The number of urea groups is 1. The highest BCUT2D eigenvalue weighted by Gasteiger charge is 2.36. The Kier molecular flexibility index (Phi) is 7.21. The van der Waals surface area contributed by atoms with E-state index in [2.05, 4.69) is 36.3 Å². The molecule has 2 amide bonds. The standard InChI is InChI=1S/C31H32N6O4S/c1-31(2,3)27-17-28(37(34-27)21-8-10-22(39)11-9-21)33-29(40)32-18-20-6-4-5-7-25(20)41-23-12-13-26-24(16-23)36-15-14-35(19-38)30(36)42-26/h4-17,30,38-39H,18-19H2,1-3H3,(H2,32,33,40). The van der Waals surface area contributed by atoms with Gasteiger partial charge in [-0.3, -0.25) is 5.32 Å². The summed E-state index contributed by atoms with van der Waals surface area (Å²) in [5, 5.41) is 29.9. The van der Waals surface area contributed by atoms with Crippen molar-refractivity contribution in [2.24, 2.45) is 0 Å². The van der Waals surface area contributed by atoms with E-state index >= 15 is 0 Å². The second-order valence-corrected chi connectivity index (χ2v) is 12.1. The molecule has 0 spiro atoms. The number of phenolic OH excluding ortho intramolecular Hbond substituents is 1. The van der Waals surface area contributed by atoms with Crippen molar-refractivity contribution in [3.8, 4) is 22.9 Å². The number of fused-ring (bicyclic) bond motifs is 3. The molecule has 2 aliphatic rings. The van der Waals surface area contributed by atoms with E-state index in [0.29, 0.717) is 23.0 Å². The van der Waals surface area contributed by atoms with Gasteiger partial charge in [0.15, 0.2) is 5.50 Å². The number of aliphatic hydroxyl groups is 1. The maximum Gasteiger partial charge on any atom is 0.320 e. The van der Waals surface area contributed by atoms with E-state index in [4.69, 9.17) is 9.84 Å². The summed E-state index contributed by atoms with van der Waals surface area (Å²) in [6.45, 7) is 6.36. The van der Waals surface area contributed by atoms with Crippen LogP contribution < -0.4 is 20.3 Å². The van der Waals surface area contributed by atoms with Crippen molar-refractivity contribution in [1.82, 2.24) is 20.0 Å². The molecule has 1 atom stereocenters. The van der Waals surface area contributed by atoms with Gasteiger partial charge in [0.2, 0.25) is 0 Å². The molecule has 216 valence electrons. The van der Waals surface area contributed by atoms with Gasteiger partial charge >= 0.3 is 6.03 Å². The molecule has 4 aromatic rings. The first-order valence-corrected chi connectivity index (χ1v) is 14.4. The third kappa shape index (κ3) is 5.48. The molecule has 0 bridgehead atoms. The van der Waals surface area contributed by atoms with Crippen LogP contribution in [-0.2, 0) is 12.0 Å². The fraction of sp³-hybridized carbons (Fsp3) is 0.226. The summed E-state index contributed by atoms with van der Waals surface area (Å²) in [6.07, 6.45) is 3.83. The molecule has 0 aliphatic carbocycles. The van der Waals surface area contributed by atoms with Gasteiger partial charge in [-0.15, -0.1) is 0 Å². The van der Waals surface area contributed by atoms with E-state index in [1.54, 1.807) is 40.7 Å². The van der Waals surface area contributed by atoms with Gasteiger partial charge in [0.1, 0.15) is 29.8 Å². The normalized spacial score (nSPS) is 15.5. The van der Waals surface area contributed by atoms with Gasteiger partial charge in [-0.1, -0.05) is 50.7 Å². The largest absolute Gasteiger partial charge is 0.508 e. The number of aliphatic hydroxyl groups excluding tert-OH is 1. The van der Waals surface area contributed by atoms with Crippen LogP contribution in [0.2, 0.25) is 0 Å². The fourth-order valence-electron chi connectivity index (χ4n) is 4.72. The predicted octanol–water partition coefficient (Wildman–Crippen LogP) is 5.92. The number of hydrogen-bond acceptors (Lipinski definition) is 8. The smallest absolute Gasteiger partial charge is 0.320 e. The fourth-order valence-corrected chi connectivity index (χ4v) is 5.95. The molecule has 11 heteroatoms. The average Bonchev–Trinajstić information content (AvgIpc) is 3.67. The molecular weight excluding hydrogens is 552 g/mol. The number of nitrogens with one attached hydrogen (secondary N) is 2. The van der Waals surface area contributed by atoms with Crippen molar-refractivity contribution in [2.45, 2.75) is 43.1 Å². The van der Waals surface area contributed by atoms with Gasteiger partial charge in [0.25, 0.3) is 0 Å². The quantitative estimate of drug-likeness (QED) is 0.212. The first kappa shape index (κ1) is 27.6. The van der Waals surface area contributed by atoms with E-state index < -0.39 is 0 Å². The molecule has 1 unspecified atom stereocenters. The van der Waals surface area contributed by atoms with Crippen molar-refractivity contribution in [3.05, 3.63) is 96.5 Å². The van der Waals surface area contributed by atoms with Gasteiger partial charge in [-0.2, -0.15) is 5.10 Å². The summed E-state index contributed by atoms with van der Waals surface area (Å²) in [6, 6.07) is 21.6. The lowest BCUT2D eigenvalue weighted by atomic mass is 9.92. The van der Waals surface area contributed by atoms with E-state index in [1.165, 1.54) is 0 Å². The highest BCUT2D eigenvalue weighted by molar-refractivity contribution is 8.00. The van der Waals surface area contributed by atoms with Gasteiger partial charge in [-0.25, -0.2) is 9.48 Å². The number of carbonyl (C=O) groups excluding carboxylic acids is 1. The zero-order chi connectivity index (χ0) is 29.4. The lowest BCUT2D eigenvalue weighted by Crippen LogP contribution is -2.33. The summed E-state index contributed by atoms with van der Waals surface area (Å²) in [5.41, 5.74) is 3.13. The Hall–Kier alpha value is -4.61. The number of carbonyl (C=O) groups is 1. The van der Waals surface area contributed by atoms with E-state index in [-0.39, 0.29) is 36.0 Å². The molecule has 2 aliphatic heterocycles. The number of benzene rings is 3. The number of amides is 2. The van der Waals surface area contributed by atoms with Crippen molar-refractivity contribution < 1.29 is 19.7 Å². The molecule has 42 heavy (non-hydrogen) atoms. The van der Waals surface area contributed by atoms with Crippen LogP contribution >= 0.6 is 11.8 Å². The number of para-hydroxylation sites is 1. The Morgan fingerprint density at radius 2 is 1.83 bits per heavy atom. The minimum absolute atomic E-state index is 0.0000678. The number of rotatable bonds is 7. The molecule has 0 fully saturated rings. The summed E-state index contributed by atoms with van der Waals surface area (Å²) in [5.74, 6) is 1.98. The minimum Gasteiger partial charge on any atom is -0.508 e. The van der Waals surface area contributed by atoms with Crippen LogP contribution in [0.25, 0.3) is 5.69 Å². The first-order valence-electron chi connectivity index (χ1n) is 13.5. The second-order valence-electron chi connectivity index (χ2n) is 11.0. The molecule has 1 aromatic heterocycles.